The van der Waals surface area contributed by atoms with Gasteiger partial charge in [-0.15, -0.1) is 0 Å². The summed E-state index contributed by atoms with van der Waals surface area (Å²) in [5, 5.41) is 9.17. The molecule has 1 aliphatic carbocycles. The van der Waals surface area contributed by atoms with E-state index in [1.165, 1.54) is 12.1 Å². The molecule has 7 heteroatoms. The third kappa shape index (κ3) is 2.54. The van der Waals surface area contributed by atoms with Crippen molar-refractivity contribution in [3.8, 4) is 6.07 Å². The minimum absolute atomic E-state index is 0.00566. The van der Waals surface area contributed by atoms with Gasteiger partial charge in [0.15, 0.2) is 0 Å². The quantitative estimate of drug-likeness (QED) is 0.912. The lowest BCUT2D eigenvalue weighted by Gasteiger charge is -2.35. The molecule has 0 bridgehead atoms. The molecule has 0 spiro atoms. The summed E-state index contributed by atoms with van der Waals surface area (Å²) in [6.07, 6.45) is 1.93. The van der Waals surface area contributed by atoms with E-state index in [1.54, 1.807) is 6.07 Å². The van der Waals surface area contributed by atoms with Gasteiger partial charge in [-0.25, -0.2) is 8.42 Å². The zero-order valence-corrected chi connectivity index (χ0v) is 12.4. The van der Waals surface area contributed by atoms with Crippen molar-refractivity contribution < 1.29 is 8.42 Å². The minimum Gasteiger partial charge on any atom is -0.207 e. The molecule has 1 aromatic carbocycles. The first-order chi connectivity index (χ1) is 8.38. The summed E-state index contributed by atoms with van der Waals surface area (Å²) in [5.74, 6) is 0. The van der Waals surface area contributed by atoms with Gasteiger partial charge in [-0.05, 0) is 37.5 Å². The first kappa shape index (κ1) is 13.8. The van der Waals surface area contributed by atoms with E-state index in [-0.39, 0.29) is 9.92 Å². The van der Waals surface area contributed by atoms with Crippen molar-refractivity contribution in [2.45, 2.75) is 29.7 Å². The number of sulfonamides is 1. The fraction of sp³-hybridized carbons (Fsp3) is 0.364. The van der Waals surface area contributed by atoms with Crippen molar-refractivity contribution in [1.29, 1.82) is 5.26 Å². The van der Waals surface area contributed by atoms with Crippen LogP contribution in [0, 0.1) is 11.3 Å². The molecule has 0 aromatic heterocycles. The maximum atomic E-state index is 12.2. The Morgan fingerprint density at radius 3 is 2.56 bits per heavy atom. The van der Waals surface area contributed by atoms with Crippen LogP contribution in [0.5, 0.6) is 0 Å². The van der Waals surface area contributed by atoms with Crippen molar-refractivity contribution >= 4 is 37.6 Å². The lowest BCUT2D eigenvalue weighted by molar-refractivity contribution is 0.296. The Bertz CT molecular complexity index is 620. The van der Waals surface area contributed by atoms with E-state index in [0.717, 1.165) is 6.42 Å². The van der Waals surface area contributed by atoms with Crippen molar-refractivity contribution in [3.63, 3.8) is 0 Å². The van der Waals surface area contributed by atoms with Crippen molar-refractivity contribution in [2.24, 2.45) is 0 Å². The van der Waals surface area contributed by atoms with Crippen molar-refractivity contribution in [2.75, 3.05) is 0 Å². The largest absolute Gasteiger partial charge is 0.243 e. The summed E-state index contributed by atoms with van der Waals surface area (Å²) in [7, 11) is -3.76. The second-order valence-electron chi connectivity index (χ2n) is 4.23. The highest BCUT2D eigenvalue weighted by atomic mass is 79.9. The molecule has 0 heterocycles. The summed E-state index contributed by atoms with van der Waals surface area (Å²) in [6, 6.07) is 6.55. The standard InChI is InChI=1S/C11H10BrClN2O2S/c12-8-2-3-10(9(13)6-8)18(16,17)15-11(7-14)4-1-5-11/h2-3,6,15H,1,4-5H2. The summed E-state index contributed by atoms with van der Waals surface area (Å²) in [6.45, 7) is 0. The maximum absolute atomic E-state index is 12.2. The molecule has 2 rings (SSSR count). The second kappa shape index (κ2) is 4.82. The normalized spacial score (nSPS) is 17.8. The highest BCUT2D eigenvalue weighted by Crippen LogP contribution is 2.34. The number of nitriles is 1. The van der Waals surface area contributed by atoms with Gasteiger partial charge in [-0.2, -0.15) is 9.98 Å². The van der Waals surface area contributed by atoms with Crippen LogP contribution in [0.2, 0.25) is 5.02 Å². The van der Waals surface area contributed by atoms with E-state index in [0.29, 0.717) is 17.3 Å². The average Bonchev–Trinajstić information content (AvgIpc) is 2.23. The second-order valence-corrected chi connectivity index (χ2v) is 7.20. The predicted molar refractivity (Wildman–Crippen MR) is 71.7 cm³/mol. The van der Waals surface area contributed by atoms with Crippen LogP contribution in [-0.2, 0) is 10.0 Å². The van der Waals surface area contributed by atoms with Crippen LogP contribution in [0.4, 0.5) is 0 Å². The molecule has 1 aromatic rings. The highest BCUT2D eigenvalue weighted by Gasteiger charge is 2.41. The van der Waals surface area contributed by atoms with Gasteiger partial charge in [-0.1, -0.05) is 27.5 Å². The summed E-state index contributed by atoms with van der Waals surface area (Å²) in [4.78, 5) is -0.00566. The van der Waals surface area contributed by atoms with Crippen LogP contribution in [0.15, 0.2) is 27.6 Å². The molecular formula is C11H10BrClN2O2S. The molecule has 1 N–H and O–H groups in total. The van der Waals surface area contributed by atoms with E-state index in [4.69, 9.17) is 16.9 Å². The fourth-order valence-corrected chi connectivity index (χ4v) is 4.19. The van der Waals surface area contributed by atoms with E-state index in [1.807, 2.05) is 6.07 Å². The van der Waals surface area contributed by atoms with Gasteiger partial charge < -0.3 is 0 Å². The van der Waals surface area contributed by atoms with Crippen LogP contribution < -0.4 is 4.72 Å². The van der Waals surface area contributed by atoms with Gasteiger partial charge in [0.2, 0.25) is 10.0 Å². The van der Waals surface area contributed by atoms with Crippen LogP contribution in [0.3, 0.4) is 0 Å². The van der Waals surface area contributed by atoms with Crippen molar-refractivity contribution in [3.05, 3.63) is 27.7 Å². The van der Waals surface area contributed by atoms with Gasteiger partial charge in [-0.3, -0.25) is 0 Å². The molecule has 0 aliphatic heterocycles. The third-order valence-electron chi connectivity index (χ3n) is 2.93. The van der Waals surface area contributed by atoms with Crippen LogP contribution >= 0.6 is 27.5 Å². The first-order valence-corrected chi connectivity index (χ1v) is 7.94. The number of halogens is 2. The lowest BCUT2D eigenvalue weighted by atomic mass is 9.79. The van der Waals surface area contributed by atoms with Crippen molar-refractivity contribution in [1.82, 2.24) is 4.72 Å². The molecule has 1 saturated carbocycles. The SMILES string of the molecule is N#CC1(NS(=O)(=O)c2ccc(Br)cc2Cl)CCC1. The zero-order valence-electron chi connectivity index (χ0n) is 9.28. The van der Waals surface area contributed by atoms with E-state index < -0.39 is 15.6 Å². The Kier molecular flexibility index (Phi) is 3.70. The maximum Gasteiger partial charge on any atom is 0.243 e. The average molecular weight is 350 g/mol. The molecule has 0 saturated heterocycles. The van der Waals surface area contributed by atoms with Crippen LogP contribution in [0.1, 0.15) is 19.3 Å². The van der Waals surface area contributed by atoms with Gasteiger partial charge in [0, 0.05) is 4.47 Å². The lowest BCUT2D eigenvalue weighted by Crippen LogP contribution is -2.52. The fourth-order valence-electron chi connectivity index (χ4n) is 1.77. The number of hydrogen-bond donors (Lipinski definition) is 1. The Labute approximate surface area is 119 Å². The van der Waals surface area contributed by atoms with Gasteiger partial charge >= 0.3 is 0 Å². The number of benzene rings is 1. The van der Waals surface area contributed by atoms with Crippen LogP contribution in [0.25, 0.3) is 0 Å². The third-order valence-corrected chi connectivity index (χ3v) is 5.45. The van der Waals surface area contributed by atoms with Gasteiger partial charge in [0.05, 0.1) is 11.1 Å². The summed E-state index contributed by atoms with van der Waals surface area (Å²) in [5.41, 5.74) is -0.963. The Morgan fingerprint density at radius 1 is 1.44 bits per heavy atom. The molecule has 96 valence electrons. The van der Waals surface area contributed by atoms with Gasteiger partial charge in [0.1, 0.15) is 10.4 Å². The summed E-state index contributed by atoms with van der Waals surface area (Å²) >= 11 is 9.13. The molecule has 1 fully saturated rings. The molecule has 18 heavy (non-hydrogen) atoms. The molecule has 0 radical (unpaired) electrons. The number of rotatable bonds is 3. The Morgan fingerprint density at radius 2 is 2.11 bits per heavy atom. The minimum atomic E-state index is -3.76. The zero-order chi connectivity index (χ0) is 13.4. The summed E-state index contributed by atoms with van der Waals surface area (Å²) < 4.78 is 27.5. The molecule has 1 aliphatic rings. The van der Waals surface area contributed by atoms with E-state index in [2.05, 4.69) is 20.7 Å². The van der Waals surface area contributed by atoms with E-state index >= 15 is 0 Å². The number of nitrogens with one attached hydrogen (secondary N) is 1. The molecule has 0 amide bonds. The molecule has 0 unspecified atom stereocenters. The number of hydrogen-bond acceptors (Lipinski definition) is 3. The first-order valence-electron chi connectivity index (χ1n) is 5.29. The molecule has 4 nitrogen and oxygen atoms in total. The van der Waals surface area contributed by atoms with E-state index in [9.17, 15) is 8.42 Å². The number of nitrogens with zero attached hydrogens (tertiary/aromatic N) is 1. The molecular weight excluding hydrogens is 340 g/mol. The Balaban J connectivity index is 2.34. The Hall–Kier alpha value is -0.610. The highest BCUT2D eigenvalue weighted by molar-refractivity contribution is 9.10. The molecule has 0 atom stereocenters. The monoisotopic (exact) mass is 348 g/mol. The topological polar surface area (TPSA) is 70.0 Å². The smallest absolute Gasteiger partial charge is 0.207 e. The van der Waals surface area contributed by atoms with Crippen LogP contribution in [-0.4, -0.2) is 14.0 Å². The predicted octanol–water partition coefficient (Wildman–Crippen LogP) is 2.83. The van der Waals surface area contributed by atoms with Gasteiger partial charge in [0.25, 0.3) is 0 Å².